The SMILES string of the molecule is CC(=CC(=O)O)/C=C/C1=CC(C)(C)COc2ccccc21. The van der Waals surface area contributed by atoms with Crippen LogP contribution in [0.1, 0.15) is 26.3 Å². The van der Waals surface area contributed by atoms with Gasteiger partial charge in [-0.2, -0.15) is 0 Å². The van der Waals surface area contributed by atoms with Gasteiger partial charge in [-0.3, -0.25) is 0 Å². The predicted octanol–water partition coefficient (Wildman–Crippen LogP) is 4.08. The summed E-state index contributed by atoms with van der Waals surface area (Å²) < 4.78 is 5.87. The van der Waals surface area contributed by atoms with E-state index in [2.05, 4.69) is 19.9 Å². The van der Waals surface area contributed by atoms with E-state index in [1.807, 2.05) is 36.4 Å². The van der Waals surface area contributed by atoms with Crippen LogP contribution in [0.15, 0.2) is 54.1 Å². The molecule has 0 saturated heterocycles. The lowest BCUT2D eigenvalue weighted by atomic mass is 9.90. The van der Waals surface area contributed by atoms with Crippen LogP contribution in [0.4, 0.5) is 0 Å². The average molecular weight is 284 g/mol. The maximum Gasteiger partial charge on any atom is 0.328 e. The van der Waals surface area contributed by atoms with Crippen molar-refractivity contribution in [3.63, 3.8) is 0 Å². The number of aliphatic carboxylic acids is 1. The first kappa shape index (κ1) is 15.1. The third-order valence-electron chi connectivity index (χ3n) is 3.22. The van der Waals surface area contributed by atoms with E-state index in [9.17, 15) is 4.79 Å². The fourth-order valence-electron chi connectivity index (χ4n) is 2.24. The van der Waals surface area contributed by atoms with Gasteiger partial charge in [0.15, 0.2) is 0 Å². The van der Waals surface area contributed by atoms with Crippen LogP contribution in [-0.4, -0.2) is 17.7 Å². The first-order valence-electron chi connectivity index (χ1n) is 6.92. The number of benzene rings is 1. The number of rotatable bonds is 3. The first-order valence-corrected chi connectivity index (χ1v) is 6.92. The Morgan fingerprint density at radius 2 is 2.05 bits per heavy atom. The van der Waals surface area contributed by atoms with Crippen molar-refractivity contribution in [2.75, 3.05) is 6.61 Å². The Labute approximate surface area is 125 Å². The molecule has 0 bridgehead atoms. The third-order valence-corrected chi connectivity index (χ3v) is 3.22. The number of para-hydroxylation sites is 1. The lowest BCUT2D eigenvalue weighted by Crippen LogP contribution is -2.17. The van der Waals surface area contributed by atoms with Crippen LogP contribution in [-0.2, 0) is 4.79 Å². The van der Waals surface area contributed by atoms with E-state index in [0.717, 1.165) is 16.9 Å². The molecule has 0 aromatic heterocycles. The lowest BCUT2D eigenvalue weighted by Gasteiger charge is -2.18. The molecule has 0 amide bonds. The van der Waals surface area contributed by atoms with Crippen LogP contribution < -0.4 is 4.74 Å². The van der Waals surface area contributed by atoms with Crippen molar-refractivity contribution in [3.05, 3.63) is 59.7 Å². The number of carboxylic acids is 1. The quantitative estimate of drug-likeness (QED) is 0.672. The van der Waals surface area contributed by atoms with Gasteiger partial charge in [-0.15, -0.1) is 0 Å². The Balaban J connectivity index is 2.41. The van der Waals surface area contributed by atoms with Gasteiger partial charge in [-0.25, -0.2) is 4.79 Å². The molecule has 1 aromatic rings. The molecule has 0 spiro atoms. The van der Waals surface area contributed by atoms with Crippen LogP contribution in [0.25, 0.3) is 5.57 Å². The summed E-state index contributed by atoms with van der Waals surface area (Å²) in [6.07, 6.45) is 7.13. The van der Waals surface area contributed by atoms with Crippen LogP contribution in [0.5, 0.6) is 5.75 Å². The summed E-state index contributed by atoms with van der Waals surface area (Å²) in [5, 5.41) is 8.76. The van der Waals surface area contributed by atoms with E-state index in [1.54, 1.807) is 6.92 Å². The molecule has 21 heavy (non-hydrogen) atoms. The second-order valence-electron chi connectivity index (χ2n) is 5.93. The maximum absolute atomic E-state index is 10.7. The van der Waals surface area contributed by atoms with Gasteiger partial charge in [0.2, 0.25) is 0 Å². The highest BCUT2D eigenvalue weighted by atomic mass is 16.5. The molecule has 0 atom stereocenters. The molecule has 1 aliphatic rings. The van der Waals surface area contributed by atoms with Crippen LogP contribution in [0.2, 0.25) is 0 Å². The van der Waals surface area contributed by atoms with E-state index >= 15 is 0 Å². The molecule has 1 aromatic carbocycles. The zero-order valence-corrected chi connectivity index (χ0v) is 12.6. The standard InChI is InChI=1S/C18H20O3/c1-13(10-17(19)20)8-9-14-11-18(2,3)12-21-16-7-5-4-6-15(14)16/h4-11H,12H2,1-3H3,(H,19,20)/b9-8+,13-10?. The van der Waals surface area contributed by atoms with E-state index in [4.69, 9.17) is 9.84 Å². The smallest absolute Gasteiger partial charge is 0.328 e. The van der Waals surface area contributed by atoms with Crippen molar-refractivity contribution in [2.45, 2.75) is 20.8 Å². The number of fused-ring (bicyclic) bond motifs is 1. The molecule has 0 aliphatic carbocycles. The molecule has 3 heteroatoms. The first-order chi connectivity index (χ1) is 9.87. The Morgan fingerprint density at radius 1 is 1.33 bits per heavy atom. The second-order valence-corrected chi connectivity index (χ2v) is 5.93. The summed E-state index contributed by atoms with van der Waals surface area (Å²) >= 11 is 0. The molecule has 0 unspecified atom stereocenters. The molecule has 110 valence electrons. The largest absolute Gasteiger partial charge is 0.492 e. The van der Waals surface area contributed by atoms with Crippen LogP contribution in [0.3, 0.4) is 0 Å². The maximum atomic E-state index is 10.7. The normalized spacial score (nSPS) is 17.7. The number of carboxylic acid groups (broad SMARTS) is 1. The molecule has 1 heterocycles. The Kier molecular flexibility index (Phi) is 4.32. The van der Waals surface area contributed by atoms with Crippen molar-refractivity contribution in [1.29, 1.82) is 0 Å². The number of hydrogen-bond acceptors (Lipinski definition) is 2. The van der Waals surface area contributed by atoms with Gasteiger partial charge in [-0.05, 0) is 24.1 Å². The highest BCUT2D eigenvalue weighted by Gasteiger charge is 2.22. The molecule has 0 fully saturated rings. The summed E-state index contributed by atoms with van der Waals surface area (Å²) in [5.41, 5.74) is 2.70. The van der Waals surface area contributed by atoms with Crippen LogP contribution >= 0.6 is 0 Å². The van der Waals surface area contributed by atoms with Crippen molar-refractivity contribution >= 4 is 11.5 Å². The third kappa shape index (κ3) is 4.09. The second kappa shape index (κ2) is 6.00. The van der Waals surface area contributed by atoms with Crippen LogP contribution in [0, 0.1) is 5.41 Å². The zero-order valence-electron chi connectivity index (χ0n) is 12.6. The Bertz CT molecular complexity index is 634. The highest BCUT2D eigenvalue weighted by Crippen LogP contribution is 2.35. The molecular weight excluding hydrogens is 264 g/mol. The van der Waals surface area contributed by atoms with Crippen molar-refractivity contribution in [2.24, 2.45) is 5.41 Å². The van der Waals surface area contributed by atoms with Crippen molar-refractivity contribution < 1.29 is 14.6 Å². The van der Waals surface area contributed by atoms with Gasteiger partial charge in [-0.1, -0.05) is 50.3 Å². The minimum Gasteiger partial charge on any atom is -0.492 e. The van der Waals surface area contributed by atoms with Gasteiger partial charge in [0.1, 0.15) is 5.75 Å². The zero-order chi connectivity index (χ0) is 15.5. The number of allylic oxidation sites excluding steroid dienone is 4. The average Bonchev–Trinajstić information content (AvgIpc) is 2.53. The fourth-order valence-corrected chi connectivity index (χ4v) is 2.24. The summed E-state index contributed by atoms with van der Waals surface area (Å²) in [6.45, 7) is 6.63. The van der Waals surface area contributed by atoms with Crippen molar-refractivity contribution in [1.82, 2.24) is 0 Å². The minimum absolute atomic E-state index is 0.0802. The lowest BCUT2D eigenvalue weighted by molar-refractivity contribution is -0.131. The van der Waals surface area contributed by atoms with Gasteiger partial charge in [0.25, 0.3) is 0 Å². The molecule has 1 N–H and O–H groups in total. The molecule has 2 rings (SSSR count). The van der Waals surface area contributed by atoms with E-state index < -0.39 is 5.97 Å². The van der Waals surface area contributed by atoms with E-state index in [-0.39, 0.29) is 5.41 Å². The molecular formula is C18H20O3. The molecule has 0 saturated carbocycles. The van der Waals surface area contributed by atoms with Gasteiger partial charge in [0, 0.05) is 17.1 Å². The summed E-state index contributed by atoms with van der Waals surface area (Å²) in [6, 6.07) is 7.90. The van der Waals surface area contributed by atoms with Gasteiger partial charge in [0.05, 0.1) is 6.61 Å². The van der Waals surface area contributed by atoms with Crippen molar-refractivity contribution in [3.8, 4) is 5.75 Å². The van der Waals surface area contributed by atoms with Gasteiger partial charge >= 0.3 is 5.97 Å². The summed E-state index contributed by atoms with van der Waals surface area (Å²) in [5.74, 6) is -0.0742. The predicted molar refractivity (Wildman–Crippen MR) is 84.2 cm³/mol. The summed E-state index contributed by atoms with van der Waals surface area (Å²) in [7, 11) is 0. The number of hydrogen-bond donors (Lipinski definition) is 1. The highest BCUT2D eigenvalue weighted by molar-refractivity contribution is 5.82. The topological polar surface area (TPSA) is 46.5 Å². The summed E-state index contributed by atoms with van der Waals surface area (Å²) in [4.78, 5) is 10.7. The fraction of sp³-hybridized carbons (Fsp3) is 0.278. The van der Waals surface area contributed by atoms with E-state index in [1.165, 1.54) is 6.08 Å². The minimum atomic E-state index is -0.934. The number of carbonyl (C=O) groups is 1. The Morgan fingerprint density at radius 3 is 2.76 bits per heavy atom. The molecule has 0 radical (unpaired) electrons. The molecule has 3 nitrogen and oxygen atoms in total. The molecule has 1 aliphatic heterocycles. The van der Waals surface area contributed by atoms with Gasteiger partial charge < -0.3 is 9.84 Å². The Hall–Kier alpha value is -2.29. The monoisotopic (exact) mass is 284 g/mol. The van der Waals surface area contributed by atoms with E-state index in [0.29, 0.717) is 12.2 Å². The number of ether oxygens (including phenoxy) is 1.